The SMILES string of the molecule is O=C(O)c1ccccc1C(=O)NCC(O)COc1ccccc1Cl. The number of hydrogen-bond donors (Lipinski definition) is 3. The third-order valence-electron chi connectivity index (χ3n) is 3.17. The molecule has 0 aromatic heterocycles. The highest BCUT2D eigenvalue weighted by Gasteiger charge is 2.16. The molecule has 126 valence electrons. The normalized spacial score (nSPS) is 11.6. The fourth-order valence-electron chi connectivity index (χ4n) is 1.98. The Morgan fingerprint density at radius 2 is 1.71 bits per heavy atom. The summed E-state index contributed by atoms with van der Waals surface area (Å²) in [5, 5.41) is 21.8. The first-order valence-electron chi connectivity index (χ1n) is 7.15. The lowest BCUT2D eigenvalue weighted by Gasteiger charge is -2.14. The molecule has 0 aliphatic heterocycles. The van der Waals surface area contributed by atoms with Crippen LogP contribution in [0.15, 0.2) is 48.5 Å². The summed E-state index contributed by atoms with van der Waals surface area (Å²) in [5.74, 6) is -1.34. The van der Waals surface area contributed by atoms with Crippen molar-refractivity contribution < 1.29 is 24.5 Å². The Balaban J connectivity index is 1.88. The van der Waals surface area contributed by atoms with Crippen LogP contribution >= 0.6 is 11.6 Å². The van der Waals surface area contributed by atoms with Gasteiger partial charge in [0.15, 0.2) is 0 Å². The van der Waals surface area contributed by atoms with Gasteiger partial charge in [-0.05, 0) is 24.3 Å². The number of para-hydroxylation sites is 1. The first-order valence-corrected chi connectivity index (χ1v) is 7.52. The average Bonchev–Trinajstić information content (AvgIpc) is 2.59. The molecule has 7 heteroatoms. The molecule has 0 heterocycles. The maximum absolute atomic E-state index is 12.1. The molecule has 0 saturated heterocycles. The number of amides is 1. The molecular formula is C17H16ClNO5. The van der Waals surface area contributed by atoms with E-state index in [4.69, 9.17) is 21.4 Å². The number of ether oxygens (including phenoxy) is 1. The molecule has 0 bridgehead atoms. The molecular weight excluding hydrogens is 334 g/mol. The molecule has 2 aromatic carbocycles. The van der Waals surface area contributed by atoms with Crippen LogP contribution in [0.25, 0.3) is 0 Å². The van der Waals surface area contributed by atoms with E-state index in [1.54, 1.807) is 30.3 Å². The fraction of sp³-hybridized carbons (Fsp3) is 0.176. The predicted octanol–water partition coefficient (Wildman–Crippen LogP) is 2.21. The van der Waals surface area contributed by atoms with Gasteiger partial charge in [-0.3, -0.25) is 4.79 Å². The minimum absolute atomic E-state index is 0.0317. The van der Waals surface area contributed by atoms with Crippen molar-refractivity contribution in [1.29, 1.82) is 0 Å². The minimum atomic E-state index is -1.19. The number of benzene rings is 2. The highest BCUT2D eigenvalue weighted by Crippen LogP contribution is 2.23. The molecule has 0 aliphatic rings. The molecule has 3 N–H and O–H groups in total. The van der Waals surface area contributed by atoms with Crippen LogP contribution in [0.3, 0.4) is 0 Å². The Bertz CT molecular complexity index is 734. The second-order valence-electron chi connectivity index (χ2n) is 4.96. The molecule has 1 unspecified atom stereocenters. The maximum atomic E-state index is 12.1. The van der Waals surface area contributed by atoms with Gasteiger partial charge in [0, 0.05) is 6.54 Å². The molecule has 0 saturated carbocycles. The van der Waals surface area contributed by atoms with Crippen LogP contribution in [0.2, 0.25) is 5.02 Å². The standard InChI is InChI=1S/C17H16ClNO5/c18-14-7-3-4-8-15(14)24-10-11(20)9-19-16(21)12-5-1-2-6-13(12)17(22)23/h1-8,11,20H,9-10H2,(H,19,21)(H,22,23). The van der Waals surface area contributed by atoms with Gasteiger partial charge in [-0.1, -0.05) is 35.9 Å². The largest absolute Gasteiger partial charge is 0.489 e. The van der Waals surface area contributed by atoms with Crippen molar-refractivity contribution in [1.82, 2.24) is 5.32 Å². The topological polar surface area (TPSA) is 95.9 Å². The fourth-order valence-corrected chi connectivity index (χ4v) is 2.17. The summed E-state index contributed by atoms with van der Waals surface area (Å²) in [6.07, 6.45) is -0.970. The van der Waals surface area contributed by atoms with Gasteiger partial charge >= 0.3 is 5.97 Å². The van der Waals surface area contributed by atoms with Crippen LogP contribution in [0.5, 0.6) is 5.75 Å². The third kappa shape index (κ3) is 4.71. The van der Waals surface area contributed by atoms with E-state index in [2.05, 4.69) is 5.32 Å². The lowest BCUT2D eigenvalue weighted by Crippen LogP contribution is -2.35. The first kappa shape index (κ1) is 17.8. The van der Waals surface area contributed by atoms with E-state index in [1.165, 1.54) is 18.2 Å². The van der Waals surface area contributed by atoms with Crippen LogP contribution in [0, 0.1) is 0 Å². The molecule has 0 radical (unpaired) electrons. The zero-order valence-corrected chi connectivity index (χ0v) is 13.4. The smallest absolute Gasteiger partial charge is 0.336 e. The van der Waals surface area contributed by atoms with Gasteiger partial charge in [0.2, 0.25) is 0 Å². The summed E-state index contributed by atoms with van der Waals surface area (Å²) in [4.78, 5) is 23.1. The Morgan fingerprint density at radius 1 is 1.08 bits per heavy atom. The number of carbonyl (C=O) groups excluding carboxylic acids is 1. The summed E-state index contributed by atoms with van der Waals surface area (Å²) in [6.45, 7) is -0.151. The van der Waals surface area contributed by atoms with E-state index in [1.807, 2.05) is 0 Å². The third-order valence-corrected chi connectivity index (χ3v) is 3.48. The zero-order valence-electron chi connectivity index (χ0n) is 12.6. The number of rotatable bonds is 7. The Morgan fingerprint density at radius 3 is 2.38 bits per heavy atom. The Kier molecular flexibility index (Phi) is 6.17. The number of aliphatic hydroxyl groups excluding tert-OH is 1. The van der Waals surface area contributed by atoms with E-state index in [0.29, 0.717) is 10.8 Å². The van der Waals surface area contributed by atoms with Gasteiger partial charge in [0.1, 0.15) is 18.5 Å². The highest BCUT2D eigenvalue weighted by molar-refractivity contribution is 6.32. The molecule has 1 amide bonds. The molecule has 2 rings (SSSR count). The van der Waals surface area contributed by atoms with Gasteiger partial charge < -0.3 is 20.3 Å². The van der Waals surface area contributed by atoms with Gasteiger partial charge in [-0.15, -0.1) is 0 Å². The Labute approximate surface area is 143 Å². The van der Waals surface area contributed by atoms with Crippen molar-refractivity contribution >= 4 is 23.5 Å². The predicted molar refractivity (Wildman–Crippen MR) is 88.7 cm³/mol. The number of carbonyl (C=O) groups is 2. The van der Waals surface area contributed by atoms with Crippen LogP contribution in [-0.4, -0.2) is 41.3 Å². The van der Waals surface area contributed by atoms with Crippen molar-refractivity contribution in [2.24, 2.45) is 0 Å². The van der Waals surface area contributed by atoms with Gasteiger partial charge in [0.25, 0.3) is 5.91 Å². The first-order chi connectivity index (χ1) is 11.5. The monoisotopic (exact) mass is 349 g/mol. The quantitative estimate of drug-likeness (QED) is 0.712. The van der Waals surface area contributed by atoms with Crippen LogP contribution in [-0.2, 0) is 0 Å². The number of carboxylic acid groups (broad SMARTS) is 1. The number of hydrogen-bond acceptors (Lipinski definition) is 4. The van der Waals surface area contributed by atoms with E-state index >= 15 is 0 Å². The lowest BCUT2D eigenvalue weighted by atomic mass is 10.1. The van der Waals surface area contributed by atoms with Gasteiger partial charge in [-0.2, -0.15) is 0 Å². The summed E-state index contributed by atoms with van der Waals surface area (Å²) in [7, 11) is 0. The van der Waals surface area contributed by atoms with E-state index in [0.717, 1.165) is 0 Å². The molecule has 0 aliphatic carbocycles. The van der Waals surface area contributed by atoms with Crippen molar-refractivity contribution in [2.75, 3.05) is 13.2 Å². The van der Waals surface area contributed by atoms with E-state index in [-0.39, 0.29) is 24.3 Å². The van der Waals surface area contributed by atoms with Gasteiger partial charge in [-0.25, -0.2) is 4.79 Å². The number of halogens is 1. The zero-order chi connectivity index (χ0) is 17.5. The number of carboxylic acids is 1. The number of aliphatic hydroxyl groups is 1. The van der Waals surface area contributed by atoms with Crippen molar-refractivity contribution in [3.63, 3.8) is 0 Å². The van der Waals surface area contributed by atoms with Crippen molar-refractivity contribution in [3.8, 4) is 5.75 Å². The summed E-state index contributed by atoms with van der Waals surface area (Å²) in [6, 6.07) is 12.7. The summed E-state index contributed by atoms with van der Waals surface area (Å²) >= 11 is 5.93. The highest BCUT2D eigenvalue weighted by atomic mass is 35.5. The minimum Gasteiger partial charge on any atom is -0.489 e. The van der Waals surface area contributed by atoms with Crippen molar-refractivity contribution in [3.05, 3.63) is 64.7 Å². The van der Waals surface area contributed by atoms with Crippen LogP contribution in [0.1, 0.15) is 20.7 Å². The van der Waals surface area contributed by atoms with Crippen LogP contribution in [0.4, 0.5) is 0 Å². The Hall–Kier alpha value is -2.57. The van der Waals surface area contributed by atoms with Gasteiger partial charge in [0.05, 0.1) is 16.1 Å². The molecule has 24 heavy (non-hydrogen) atoms. The summed E-state index contributed by atoms with van der Waals surface area (Å²) in [5.41, 5.74) is -0.0685. The molecule has 1 atom stereocenters. The molecule has 2 aromatic rings. The second kappa shape index (κ2) is 8.33. The molecule has 0 fully saturated rings. The number of nitrogens with one attached hydrogen (secondary N) is 1. The molecule has 0 spiro atoms. The lowest BCUT2D eigenvalue weighted by molar-refractivity contribution is 0.0689. The van der Waals surface area contributed by atoms with Crippen LogP contribution < -0.4 is 10.1 Å². The maximum Gasteiger partial charge on any atom is 0.336 e. The van der Waals surface area contributed by atoms with E-state index in [9.17, 15) is 14.7 Å². The average molecular weight is 350 g/mol. The number of aromatic carboxylic acids is 1. The second-order valence-corrected chi connectivity index (χ2v) is 5.36. The molecule has 6 nitrogen and oxygen atoms in total. The van der Waals surface area contributed by atoms with E-state index < -0.39 is 18.0 Å². The summed E-state index contributed by atoms with van der Waals surface area (Å²) < 4.78 is 5.37. The van der Waals surface area contributed by atoms with Crippen molar-refractivity contribution in [2.45, 2.75) is 6.10 Å².